The van der Waals surface area contributed by atoms with Crippen LogP contribution in [0.3, 0.4) is 0 Å². The average Bonchev–Trinajstić information content (AvgIpc) is 3.58. The van der Waals surface area contributed by atoms with E-state index in [0.717, 1.165) is 50.8 Å². The van der Waals surface area contributed by atoms with Crippen molar-refractivity contribution in [2.45, 2.75) is 44.9 Å². The Labute approximate surface area is 269 Å². The molecule has 2 saturated carbocycles. The van der Waals surface area contributed by atoms with Crippen molar-refractivity contribution in [2.24, 2.45) is 23.7 Å². The summed E-state index contributed by atoms with van der Waals surface area (Å²) in [5.74, 6) is 2.77. The van der Waals surface area contributed by atoms with Crippen molar-refractivity contribution in [2.75, 3.05) is 0 Å². The minimum atomic E-state index is -0.0112. The van der Waals surface area contributed by atoms with Crippen LogP contribution in [-0.2, 0) is 5.41 Å². The van der Waals surface area contributed by atoms with Gasteiger partial charge in [-0.2, -0.15) is 0 Å². The van der Waals surface area contributed by atoms with Crippen LogP contribution < -0.4 is 0 Å². The fourth-order valence-electron chi connectivity index (χ4n) is 10.1. The van der Waals surface area contributed by atoms with Crippen molar-refractivity contribution in [3.8, 4) is 33.6 Å². The largest absolute Gasteiger partial charge is 0.436 e. The zero-order valence-corrected chi connectivity index (χ0v) is 26.3. The zero-order valence-electron chi connectivity index (χ0n) is 26.3. The highest BCUT2D eigenvalue weighted by atomic mass is 16.3. The minimum absolute atomic E-state index is 0.0112. The number of fused-ring (bicyclic) bond motifs is 12. The van der Waals surface area contributed by atoms with Crippen molar-refractivity contribution in [1.29, 1.82) is 0 Å². The predicted octanol–water partition coefficient (Wildman–Crippen LogP) is 11.2. The first-order valence-corrected chi connectivity index (χ1v) is 17.0. The summed E-state index contributed by atoms with van der Waals surface area (Å²) < 4.78 is 6.25. The van der Waals surface area contributed by atoms with Gasteiger partial charge in [-0.25, -0.2) is 9.97 Å². The molecule has 224 valence electrons. The fourth-order valence-corrected chi connectivity index (χ4v) is 10.1. The van der Waals surface area contributed by atoms with E-state index in [9.17, 15) is 0 Å². The third kappa shape index (κ3) is 3.60. The maximum atomic E-state index is 6.25. The third-order valence-corrected chi connectivity index (χ3v) is 11.8. The van der Waals surface area contributed by atoms with Gasteiger partial charge in [-0.05, 0) is 113 Å². The highest BCUT2D eigenvalue weighted by Gasteiger charge is 2.56. The van der Waals surface area contributed by atoms with E-state index in [1.807, 2.05) is 18.2 Å². The molecular weight excluding hydrogens is 560 g/mol. The lowest BCUT2D eigenvalue weighted by Gasteiger charge is -2.54. The van der Waals surface area contributed by atoms with Gasteiger partial charge in [0.25, 0.3) is 0 Å². The molecule has 5 unspecified atom stereocenters. The number of aromatic nitrogens is 2. The molecule has 2 fully saturated rings. The molecule has 46 heavy (non-hydrogen) atoms. The van der Waals surface area contributed by atoms with Crippen LogP contribution >= 0.6 is 0 Å². The quantitative estimate of drug-likeness (QED) is 0.199. The summed E-state index contributed by atoms with van der Waals surface area (Å²) in [6, 6.07) is 39.8. The topological polar surface area (TPSA) is 38.9 Å². The first-order chi connectivity index (χ1) is 22.6. The van der Waals surface area contributed by atoms with E-state index in [2.05, 4.69) is 105 Å². The van der Waals surface area contributed by atoms with Gasteiger partial charge < -0.3 is 4.42 Å². The Morgan fingerprint density at radius 3 is 2.24 bits per heavy atom. The number of benzene rings is 5. The highest BCUT2D eigenvalue weighted by molar-refractivity contribution is 6.03. The summed E-state index contributed by atoms with van der Waals surface area (Å²) >= 11 is 0. The molecule has 5 atom stereocenters. The molecule has 3 heteroatoms. The Kier molecular flexibility index (Phi) is 5.53. The lowest BCUT2D eigenvalue weighted by atomic mass is 9.49. The Hall–Kier alpha value is -4.76. The SMILES string of the molecule is CC1CC2CC(C)C3(c4cc(-c5nc6c(nc5-c5ccccc5)oc5ccccc56)ccc4-c4cc5ccccc5cc43)C(C1)C2. The smallest absolute Gasteiger partial charge is 0.246 e. The van der Waals surface area contributed by atoms with Gasteiger partial charge in [0.1, 0.15) is 16.8 Å². The monoisotopic (exact) mass is 596 g/mol. The van der Waals surface area contributed by atoms with Gasteiger partial charge in [0.2, 0.25) is 5.71 Å². The highest BCUT2D eigenvalue weighted by Crippen LogP contribution is 2.65. The molecule has 0 aliphatic heterocycles. The molecule has 2 heterocycles. The molecule has 3 nitrogen and oxygen atoms in total. The number of furan rings is 1. The van der Waals surface area contributed by atoms with Crippen LogP contribution in [0.1, 0.15) is 50.7 Å². The molecule has 2 aromatic heterocycles. The molecule has 0 amide bonds. The summed E-state index contributed by atoms with van der Waals surface area (Å²) in [4.78, 5) is 10.6. The average molecular weight is 597 g/mol. The second-order valence-electron chi connectivity index (χ2n) is 14.4. The predicted molar refractivity (Wildman–Crippen MR) is 188 cm³/mol. The number of nitrogens with zero attached hydrogens (tertiary/aromatic N) is 2. The molecule has 0 saturated heterocycles. The summed E-state index contributed by atoms with van der Waals surface area (Å²) in [5, 5.41) is 3.67. The number of rotatable bonds is 2. The fraction of sp³-hybridized carbons (Fsp3) is 0.256. The maximum absolute atomic E-state index is 6.25. The number of hydrogen-bond donors (Lipinski definition) is 0. The zero-order chi connectivity index (χ0) is 30.6. The Bertz CT molecular complexity index is 2330. The van der Waals surface area contributed by atoms with Crippen molar-refractivity contribution in [3.05, 3.63) is 120 Å². The van der Waals surface area contributed by atoms with Crippen LogP contribution in [0.2, 0.25) is 0 Å². The molecule has 0 N–H and O–H groups in total. The van der Waals surface area contributed by atoms with Crippen molar-refractivity contribution < 1.29 is 4.42 Å². The Morgan fingerprint density at radius 2 is 1.37 bits per heavy atom. The van der Waals surface area contributed by atoms with E-state index in [0.29, 0.717) is 17.5 Å². The molecule has 0 radical (unpaired) electrons. The van der Waals surface area contributed by atoms with E-state index in [-0.39, 0.29) is 5.41 Å². The van der Waals surface area contributed by atoms with Crippen LogP contribution in [0.5, 0.6) is 0 Å². The summed E-state index contributed by atoms with van der Waals surface area (Å²) in [6.45, 7) is 5.04. The maximum Gasteiger partial charge on any atom is 0.246 e. The van der Waals surface area contributed by atoms with Gasteiger partial charge in [-0.1, -0.05) is 92.7 Å². The Balaban J connectivity index is 1.26. The molecule has 5 aromatic carbocycles. The molecule has 10 rings (SSSR count). The molecule has 1 spiro atoms. The van der Waals surface area contributed by atoms with Crippen LogP contribution in [0.15, 0.2) is 114 Å². The first-order valence-electron chi connectivity index (χ1n) is 17.0. The lowest BCUT2D eigenvalue weighted by molar-refractivity contribution is 0.0427. The molecule has 2 bridgehead atoms. The van der Waals surface area contributed by atoms with E-state index < -0.39 is 0 Å². The normalized spacial score (nSPS) is 24.9. The molecular formula is C43H36N2O. The van der Waals surface area contributed by atoms with E-state index in [1.165, 1.54) is 53.1 Å². The van der Waals surface area contributed by atoms with Crippen LogP contribution in [-0.4, -0.2) is 9.97 Å². The van der Waals surface area contributed by atoms with Gasteiger partial charge >= 0.3 is 0 Å². The summed E-state index contributed by atoms with van der Waals surface area (Å²) in [6.07, 6.45) is 5.29. The van der Waals surface area contributed by atoms with E-state index >= 15 is 0 Å². The van der Waals surface area contributed by atoms with Crippen molar-refractivity contribution >= 4 is 33.0 Å². The lowest BCUT2D eigenvalue weighted by Crippen LogP contribution is -2.49. The molecule has 7 aromatic rings. The van der Waals surface area contributed by atoms with Gasteiger partial charge in [0.05, 0.1) is 5.69 Å². The number of para-hydroxylation sites is 1. The first kappa shape index (κ1) is 26.5. The van der Waals surface area contributed by atoms with E-state index in [4.69, 9.17) is 14.4 Å². The van der Waals surface area contributed by atoms with E-state index in [1.54, 1.807) is 5.56 Å². The standard InChI is InChI=1S/C43H36N2O/c1-25-18-27-20-26(2)43(32(19-25)21-27)36-24-31(16-17-33(36)35-22-29-12-6-7-13-30(29)23-37(35)43)40-39(28-10-4-3-5-11-28)45-42-41(44-40)34-14-8-9-15-38(34)46-42/h3-17,22-27,32H,18-21H2,1-2H3. The second kappa shape index (κ2) is 9.62. The summed E-state index contributed by atoms with van der Waals surface area (Å²) in [5.41, 5.74) is 12.1. The van der Waals surface area contributed by atoms with Crippen molar-refractivity contribution in [3.63, 3.8) is 0 Å². The summed E-state index contributed by atoms with van der Waals surface area (Å²) in [7, 11) is 0. The van der Waals surface area contributed by atoms with Gasteiger partial charge in [-0.15, -0.1) is 0 Å². The second-order valence-corrected chi connectivity index (χ2v) is 14.4. The number of hydrogen-bond acceptors (Lipinski definition) is 3. The van der Waals surface area contributed by atoms with Crippen molar-refractivity contribution in [1.82, 2.24) is 9.97 Å². The third-order valence-electron chi connectivity index (χ3n) is 11.8. The van der Waals surface area contributed by atoms with Crippen LogP contribution in [0.4, 0.5) is 0 Å². The van der Waals surface area contributed by atoms with Crippen LogP contribution in [0.25, 0.3) is 66.6 Å². The van der Waals surface area contributed by atoms with Crippen LogP contribution in [0, 0.1) is 23.7 Å². The van der Waals surface area contributed by atoms with Gasteiger partial charge in [0, 0.05) is 21.9 Å². The minimum Gasteiger partial charge on any atom is -0.436 e. The molecule has 3 aliphatic carbocycles. The van der Waals surface area contributed by atoms with Gasteiger partial charge in [-0.3, -0.25) is 0 Å². The van der Waals surface area contributed by atoms with Gasteiger partial charge in [0.15, 0.2) is 0 Å². The molecule has 3 aliphatic rings. The Morgan fingerprint density at radius 1 is 0.630 bits per heavy atom.